The van der Waals surface area contributed by atoms with Crippen molar-refractivity contribution in [1.82, 2.24) is 20.1 Å². The van der Waals surface area contributed by atoms with E-state index in [1.165, 1.54) is 0 Å². The Hall–Kier alpha value is -1.39. The Labute approximate surface area is 106 Å². The van der Waals surface area contributed by atoms with Gasteiger partial charge in [0.15, 0.2) is 0 Å². The first kappa shape index (κ1) is 12.1. The molecular weight excluding hydrogens is 236 g/mol. The van der Waals surface area contributed by atoms with Gasteiger partial charge in [-0.3, -0.25) is 4.98 Å². The lowest BCUT2D eigenvalue weighted by atomic mass is 10.2. The highest BCUT2D eigenvalue weighted by Gasteiger charge is 2.08. The van der Waals surface area contributed by atoms with Gasteiger partial charge in [0.2, 0.25) is 0 Å². The highest BCUT2D eigenvalue weighted by atomic mass is 35.5. The van der Waals surface area contributed by atoms with Gasteiger partial charge in [0.1, 0.15) is 0 Å². The van der Waals surface area contributed by atoms with Crippen molar-refractivity contribution < 1.29 is 0 Å². The molecule has 0 saturated carbocycles. The van der Waals surface area contributed by atoms with E-state index in [0.29, 0.717) is 5.02 Å². The van der Waals surface area contributed by atoms with Crippen molar-refractivity contribution in [2.24, 2.45) is 0 Å². The van der Waals surface area contributed by atoms with E-state index in [1.54, 1.807) is 17.1 Å². The molecule has 0 amide bonds. The lowest BCUT2D eigenvalue weighted by molar-refractivity contribution is 0.714. The third-order valence-electron chi connectivity index (χ3n) is 2.54. The van der Waals surface area contributed by atoms with Crippen LogP contribution < -0.4 is 5.32 Å². The van der Waals surface area contributed by atoms with Gasteiger partial charge in [0.05, 0.1) is 22.6 Å². The molecule has 17 heavy (non-hydrogen) atoms. The topological polar surface area (TPSA) is 42.7 Å². The Morgan fingerprint density at radius 2 is 2.29 bits per heavy atom. The molecule has 0 bridgehead atoms. The van der Waals surface area contributed by atoms with Gasteiger partial charge in [-0.05, 0) is 25.1 Å². The summed E-state index contributed by atoms with van der Waals surface area (Å²) in [5.41, 5.74) is 2.94. The van der Waals surface area contributed by atoms with Gasteiger partial charge in [-0.15, -0.1) is 0 Å². The van der Waals surface area contributed by atoms with E-state index >= 15 is 0 Å². The highest BCUT2D eigenvalue weighted by Crippen LogP contribution is 2.18. The minimum atomic E-state index is 0.670. The van der Waals surface area contributed by atoms with E-state index in [4.69, 9.17) is 11.6 Å². The fourth-order valence-electron chi connectivity index (χ4n) is 1.59. The van der Waals surface area contributed by atoms with Gasteiger partial charge in [-0.25, -0.2) is 4.68 Å². The van der Waals surface area contributed by atoms with Crippen molar-refractivity contribution in [3.05, 3.63) is 40.9 Å². The third-order valence-corrected chi connectivity index (χ3v) is 2.91. The quantitative estimate of drug-likeness (QED) is 0.906. The van der Waals surface area contributed by atoms with Crippen molar-refractivity contribution >= 4 is 11.6 Å². The van der Waals surface area contributed by atoms with Crippen LogP contribution in [-0.4, -0.2) is 21.3 Å². The summed E-state index contributed by atoms with van der Waals surface area (Å²) in [7, 11) is 0. The van der Waals surface area contributed by atoms with Gasteiger partial charge in [0.25, 0.3) is 0 Å². The first-order valence-electron chi connectivity index (χ1n) is 5.58. The SMILES string of the molecule is CCNCc1ccncc1-n1cc(Cl)c(C)n1. The molecule has 2 heterocycles. The Balaban J connectivity index is 2.37. The van der Waals surface area contributed by atoms with E-state index in [9.17, 15) is 0 Å². The molecule has 5 heteroatoms. The Morgan fingerprint density at radius 3 is 2.94 bits per heavy atom. The average molecular weight is 251 g/mol. The van der Waals surface area contributed by atoms with E-state index in [1.807, 2.05) is 19.2 Å². The molecule has 0 unspecified atom stereocenters. The van der Waals surface area contributed by atoms with Crippen LogP contribution in [0.3, 0.4) is 0 Å². The number of pyridine rings is 1. The number of rotatable bonds is 4. The molecule has 2 aromatic rings. The number of aryl methyl sites for hydroxylation is 1. The summed E-state index contributed by atoms with van der Waals surface area (Å²) in [5, 5.41) is 8.33. The maximum Gasteiger partial charge on any atom is 0.0874 e. The molecule has 2 aromatic heterocycles. The fourth-order valence-corrected chi connectivity index (χ4v) is 1.72. The van der Waals surface area contributed by atoms with Crippen LogP contribution in [0.2, 0.25) is 5.02 Å². The second kappa shape index (κ2) is 5.29. The van der Waals surface area contributed by atoms with E-state index in [-0.39, 0.29) is 0 Å². The van der Waals surface area contributed by atoms with Crippen molar-refractivity contribution in [1.29, 1.82) is 0 Å². The highest BCUT2D eigenvalue weighted by molar-refractivity contribution is 6.31. The molecule has 0 aliphatic heterocycles. The molecule has 0 aromatic carbocycles. The first-order valence-corrected chi connectivity index (χ1v) is 5.96. The molecular formula is C12H15ClN4. The van der Waals surface area contributed by atoms with E-state index in [0.717, 1.165) is 30.0 Å². The zero-order valence-electron chi connectivity index (χ0n) is 9.94. The predicted molar refractivity (Wildman–Crippen MR) is 68.5 cm³/mol. The number of aromatic nitrogens is 3. The lowest BCUT2D eigenvalue weighted by Crippen LogP contribution is -2.14. The maximum atomic E-state index is 6.02. The number of hydrogen-bond donors (Lipinski definition) is 1. The molecule has 0 radical (unpaired) electrons. The zero-order valence-corrected chi connectivity index (χ0v) is 10.7. The molecule has 0 aliphatic carbocycles. The Kier molecular flexibility index (Phi) is 3.76. The minimum Gasteiger partial charge on any atom is -0.313 e. The summed E-state index contributed by atoms with van der Waals surface area (Å²) in [6, 6.07) is 1.99. The third kappa shape index (κ3) is 2.65. The summed E-state index contributed by atoms with van der Waals surface area (Å²) in [6.07, 6.45) is 5.40. The minimum absolute atomic E-state index is 0.670. The lowest BCUT2D eigenvalue weighted by Gasteiger charge is -2.08. The van der Waals surface area contributed by atoms with Crippen molar-refractivity contribution in [3.8, 4) is 5.69 Å². The van der Waals surface area contributed by atoms with Gasteiger partial charge >= 0.3 is 0 Å². The molecule has 1 N–H and O–H groups in total. The average Bonchev–Trinajstić information content (AvgIpc) is 2.67. The normalized spacial score (nSPS) is 10.8. The summed E-state index contributed by atoms with van der Waals surface area (Å²) < 4.78 is 1.78. The smallest absolute Gasteiger partial charge is 0.0874 e. The monoisotopic (exact) mass is 250 g/mol. The van der Waals surface area contributed by atoms with Crippen LogP contribution in [0.15, 0.2) is 24.7 Å². The van der Waals surface area contributed by atoms with Crippen LogP contribution in [0.25, 0.3) is 5.69 Å². The molecule has 2 rings (SSSR count). The van der Waals surface area contributed by atoms with Gasteiger partial charge in [-0.2, -0.15) is 5.10 Å². The maximum absolute atomic E-state index is 6.02. The van der Waals surface area contributed by atoms with Crippen molar-refractivity contribution in [2.75, 3.05) is 6.54 Å². The summed E-state index contributed by atoms with van der Waals surface area (Å²) in [4.78, 5) is 4.14. The van der Waals surface area contributed by atoms with Crippen LogP contribution in [-0.2, 0) is 6.54 Å². The summed E-state index contributed by atoms with van der Waals surface area (Å²) in [6.45, 7) is 5.69. The van der Waals surface area contributed by atoms with Gasteiger partial charge in [0, 0.05) is 18.9 Å². The van der Waals surface area contributed by atoms with Crippen LogP contribution >= 0.6 is 11.6 Å². The van der Waals surface area contributed by atoms with Crippen LogP contribution in [0.1, 0.15) is 18.2 Å². The molecule has 0 atom stereocenters. The molecule has 0 saturated heterocycles. The number of nitrogens with one attached hydrogen (secondary N) is 1. The van der Waals surface area contributed by atoms with E-state index in [2.05, 4.69) is 22.3 Å². The van der Waals surface area contributed by atoms with E-state index < -0.39 is 0 Å². The molecule has 4 nitrogen and oxygen atoms in total. The molecule has 0 spiro atoms. The fraction of sp³-hybridized carbons (Fsp3) is 0.333. The summed E-state index contributed by atoms with van der Waals surface area (Å²) >= 11 is 6.02. The van der Waals surface area contributed by atoms with Crippen molar-refractivity contribution in [2.45, 2.75) is 20.4 Å². The largest absolute Gasteiger partial charge is 0.313 e. The van der Waals surface area contributed by atoms with Gasteiger partial charge < -0.3 is 5.32 Å². The second-order valence-corrected chi connectivity index (χ2v) is 4.20. The van der Waals surface area contributed by atoms with Crippen LogP contribution in [0.5, 0.6) is 0 Å². The molecule has 0 aliphatic rings. The molecule has 0 fully saturated rings. The van der Waals surface area contributed by atoms with Crippen LogP contribution in [0, 0.1) is 6.92 Å². The second-order valence-electron chi connectivity index (χ2n) is 3.79. The summed E-state index contributed by atoms with van der Waals surface area (Å²) in [5.74, 6) is 0. The van der Waals surface area contributed by atoms with Crippen LogP contribution in [0.4, 0.5) is 0 Å². The zero-order chi connectivity index (χ0) is 12.3. The van der Waals surface area contributed by atoms with Crippen molar-refractivity contribution in [3.63, 3.8) is 0 Å². The predicted octanol–water partition coefficient (Wildman–Crippen LogP) is 2.34. The first-order chi connectivity index (χ1) is 8.22. The Bertz CT molecular complexity index is 487. The number of halogens is 1. The van der Waals surface area contributed by atoms with Gasteiger partial charge in [-0.1, -0.05) is 18.5 Å². The number of hydrogen-bond acceptors (Lipinski definition) is 3. The Morgan fingerprint density at radius 1 is 1.47 bits per heavy atom. The molecule has 90 valence electrons. The standard InChI is InChI=1S/C12H15ClN4/c1-3-14-6-10-4-5-15-7-12(10)17-8-11(13)9(2)16-17/h4-5,7-8,14H,3,6H2,1-2H3. The number of nitrogens with zero attached hydrogens (tertiary/aromatic N) is 3.